The van der Waals surface area contributed by atoms with Gasteiger partial charge in [-0.1, -0.05) is 48.5 Å². The van der Waals surface area contributed by atoms with Gasteiger partial charge in [-0.3, -0.25) is 4.79 Å². The standard InChI is InChI=1S/C20H45NO3Si2/c1-11-19(8)23-25(9,10)14-12-13-21-15-20(22)24-26(16(2)3,17(4)5)18(6)7/h16-19,21H,11-15H2,1-10H3. The van der Waals surface area contributed by atoms with E-state index in [1.807, 2.05) is 0 Å². The van der Waals surface area contributed by atoms with Gasteiger partial charge in [0.1, 0.15) is 0 Å². The zero-order valence-corrected chi connectivity index (χ0v) is 21.1. The van der Waals surface area contributed by atoms with E-state index >= 15 is 0 Å². The van der Waals surface area contributed by atoms with Crippen molar-refractivity contribution < 1.29 is 13.6 Å². The maximum Gasteiger partial charge on any atom is 0.306 e. The van der Waals surface area contributed by atoms with Gasteiger partial charge in [0.15, 0.2) is 8.32 Å². The molecule has 0 fully saturated rings. The van der Waals surface area contributed by atoms with Gasteiger partial charge in [-0.05, 0) is 62.1 Å². The fourth-order valence-electron chi connectivity index (χ4n) is 4.10. The van der Waals surface area contributed by atoms with Crippen molar-refractivity contribution in [2.75, 3.05) is 13.1 Å². The van der Waals surface area contributed by atoms with Crippen LogP contribution >= 0.6 is 0 Å². The number of nitrogens with one attached hydrogen (secondary N) is 1. The average molecular weight is 404 g/mol. The molecule has 0 saturated heterocycles. The molecule has 156 valence electrons. The lowest BCUT2D eigenvalue weighted by molar-refractivity contribution is -0.134. The minimum absolute atomic E-state index is 0.0832. The molecule has 1 atom stereocenters. The maximum atomic E-state index is 12.5. The molecule has 1 N–H and O–H groups in total. The van der Waals surface area contributed by atoms with Crippen LogP contribution in [-0.4, -0.2) is 41.8 Å². The molecular formula is C20H45NO3Si2. The molecule has 0 aromatic heterocycles. The van der Waals surface area contributed by atoms with E-state index < -0.39 is 16.6 Å². The third kappa shape index (κ3) is 8.23. The van der Waals surface area contributed by atoms with Gasteiger partial charge < -0.3 is 14.2 Å². The SMILES string of the molecule is CCC(C)O[Si](C)(C)CCCNCC(=O)O[Si](C(C)C)(C(C)C)C(C)C. The van der Waals surface area contributed by atoms with Gasteiger partial charge in [0.25, 0.3) is 8.32 Å². The number of hydrogen-bond donors (Lipinski definition) is 1. The number of rotatable bonds is 13. The third-order valence-electron chi connectivity index (χ3n) is 5.49. The molecule has 1 unspecified atom stereocenters. The Morgan fingerprint density at radius 1 is 0.962 bits per heavy atom. The Bertz CT molecular complexity index is 390. The van der Waals surface area contributed by atoms with E-state index in [1.165, 1.54) is 0 Å². The first kappa shape index (κ1) is 25.8. The second-order valence-corrected chi connectivity index (χ2v) is 18.8. The minimum Gasteiger partial charge on any atom is -0.517 e. The maximum absolute atomic E-state index is 12.5. The molecular weight excluding hydrogens is 358 g/mol. The van der Waals surface area contributed by atoms with Gasteiger partial charge in [0.05, 0.1) is 6.54 Å². The van der Waals surface area contributed by atoms with Crippen LogP contribution in [0.25, 0.3) is 0 Å². The second kappa shape index (κ2) is 11.6. The minimum atomic E-state index is -2.11. The Morgan fingerprint density at radius 2 is 1.46 bits per heavy atom. The first-order chi connectivity index (χ1) is 11.9. The molecule has 26 heavy (non-hydrogen) atoms. The lowest BCUT2D eigenvalue weighted by Crippen LogP contribution is -2.50. The van der Waals surface area contributed by atoms with Crippen molar-refractivity contribution in [2.24, 2.45) is 0 Å². The normalized spacial score (nSPS) is 14.3. The second-order valence-electron chi connectivity index (χ2n) is 9.17. The average Bonchev–Trinajstić information content (AvgIpc) is 2.50. The summed E-state index contributed by atoms with van der Waals surface area (Å²) in [7, 11) is -3.71. The van der Waals surface area contributed by atoms with Crippen molar-refractivity contribution in [3.05, 3.63) is 0 Å². The first-order valence-electron chi connectivity index (χ1n) is 10.5. The highest BCUT2D eigenvalue weighted by Gasteiger charge is 2.48. The van der Waals surface area contributed by atoms with Crippen LogP contribution in [0.1, 0.15) is 68.2 Å². The van der Waals surface area contributed by atoms with Crippen LogP contribution in [0.5, 0.6) is 0 Å². The topological polar surface area (TPSA) is 47.6 Å². The molecule has 0 rings (SSSR count). The highest BCUT2D eigenvalue weighted by atomic mass is 28.4. The molecule has 0 aromatic carbocycles. The van der Waals surface area contributed by atoms with Crippen molar-refractivity contribution in [3.63, 3.8) is 0 Å². The van der Waals surface area contributed by atoms with E-state index in [1.54, 1.807) is 0 Å². The highest BCUT2D eigenvalue weighted by Crippen LogP contribution is 2.42. The van der Waals surface area contributed by atoms with E-state index in [-0.39, 0.29) is 5.97 Å². The zero-order valence-electron chi connectivity index (χ0n) is 19.1. The fraction of sp³-hybridized carbons (Fsp3) is 0.950. The molecule has 6 heteroatoms. The Kier molecular flexibility index (Phi) is 11.5. The van der Waals surface area contributed by atoms with Crippen molar-refractivity contribution >= 4 is 22.6 Å². The van der Waals surface area contributed by atoms with Crippen molar-refractivity contribution in [2.45, 2.75) is 110 Å². The summed E-state index contributed by atoms with van der Waals surface area (Å²) in [5.74, 6) is -0.0832. The van der Waals surface area contributed by atoms with Crippen LogP contribution < -0.4 is 5.32 Å². The molecule has 0 aliphatic rings. The quantitative estimate of drug-likeness (QED) is 0.316. The van der Waals surface area contributed by atoms with E-state index in [9.17, 15) is 4.79 Å². The zero-order chi connectivity index (χ0) is 20.5. The molecule has 0 amide bonds. The fourth-order valence-corrected chi connectivity index (χ4v) is 11.7. The molecule has 0 aliphatic carbocycles. The van der Waals surface area contributed by atoms with Gasteiger partial charge in [-0.2, -0.15) is 0 Å². The predicted molar refractivity (Wildman–Crippen MR) is 118 cm³/mol. The van der Waals surface area contributed by atoms with E-state index in [4.69, 9.17) is 8.85 Å². The van der Waals surface area contributed by atoms with Gasteiger partial charge in [-0.15, -0.1) is 0 Å². The third-order valence-corrected chi connectivity index (χ3v) is 14.1. The summed E-state index contributed by atoms with van der Waals surface area (Å²) < 4.78 is 12.3. The van der Waals surface area contributed by atoms with Crippen LogP contribution in [0.2, 0.25) is 35.8 Å². The van der Waals surface area contributed by atoms with E-state index in [2.05, 4.69) is 73.8 Å². The van der Waals surface area contributed by atoms with Gasteiger partial charge in [0, 0.05) is 6.10 Å². The van der Waals surface area contributed by atoms with Crippen molar-refractivity contribution in [1.82, 2.24) is 5.32 Å². The van der Waals surface area contributed by atoms with Crippen LogP contribution in [0.3, 0.4) is 0 Å². The smallest absolute Gasteiger partial charge is 0.306 e. The van der Waals surface area contributed by atoms with Gasteiger partial charge in [0.2, 0.25) is 0 Å². The number of carbonyl (C=O) groups is 1. The summed E-state index contributed by atoms with van der Waals surface area (Å²) in [5.41, 5.74) is 1.28. The molecule has 0 aromatic rings. The molecule has 0 spiro atoms. The Balaban J connectivity index is 4.38. The lowest BCUT2D eigenvalue weighted by atomic mass is 10.3. The Morgan fingerprint density at radius 3 is 1.88 bits per heavy atom. The first-order valence-corrected chi connectivity index (χ1v) is 15.7. The monoisotopic (exact) mass is 403 g/mol. The van der Waals surface area contributed by atoms with Crippen molar-refractivity contribution in [3.8, 4) is 0 Å². The van der Waals surface area contributed by atoms with Crippen LogP contribution in [0.15, 0.2) is 0 Å². The van der Waals surface area contributed by atoms with Crippen LogP contribution in [-0.2, 0) is 13.6 Å². The molecule has 0 saturated carbocycles. The molecule has 0 radical (unpaired) electrons. The summed E-state index contributed by atoms with van der Waals surface area (Å²) in [6.45, 7) is 23.3. The molecule has 0 aliphatic heterocycles. The predicted octanol–water partition coefficient (Wildman–Crippen LogP) is 5.71. The summed E-state index contributed by atoms with van der Waals surface area (Å²) in [4.78, 5) is 12.5. The van der Waals surface area contributed by atoms with E-state index in [0.717, 1.165) is 25.4 Å². The largest absolute Gasteiger partial charge is 0.517 e. The highest BCUT2D eigenvalue weighted by molar-refractivity contribution is 6.78. The molecule has 0 bridgehead atoms. The summed E-state index contributed by atoms with van der Waals surface area (Å²) in [6.07, 6.45) is 2.46. The van der Waals surface area contributed by atoms with E-state index in [0.29, 0.717) is 29.3 Å². The van der Waals surface area contributed by atoms with Crippen LogP contribution in [0.4, 0.5) is 0 Å². The Labute approximate surface area is 165 Å². The number of carbonyl (C=O) groups excluding carboxylic acids is 1. The summed E-state index contributed by atoms with van der Waals surface area (Å²) in [5, 5.41) is 3.28. The van der Waals surface area contributed by atoms with Gasteiger partial charge >= 0.3 is 5.97 Å². The Hall–Kier alpha value is -0.176. The molecule has 0 heterocycles. The van der Waals surface area contributed by atoms with Crippen molar-refractivity contribution in [1.29, 1.82) is 0 Å². The summed E-state index contributed by atoms with van der Waals surface area (Å²) >= 11 is 0. The lowest BCUT2D eigenvalue weighted by Gasteiger charge is -2.41. The number of hydrogen-bond acceptors (Lipinski definition) is 4. The summed E-state index contributed by atoms with van der Waals surface area (Å²) in [6, 6.07) is 1.11. The van der Waals surface area contributed by atoms with Crippen LogP contribution in [0, 0.1) is 0 Å². The van der Waals surface area contributed by atoms with Gasteiger partial charge in [-0.25, -0.2) is 0 Å². The molecule has 4 nitrogen and oxygen atoms in total.